The van der Waals surface area contributed by atoms with Gasteiger partial charge in [-0.2, -0.15) is 0 Å². The summed E-state index contributed by atoms with van der Waals surface area (Å²) in [7, 11) is 1.67. The Balaban J connectivity index is 2.23. The number of aliphatic imine (C=N–C) groups is 1. The molecule has 0 aliphatic heterocycles. The van der Waals surface area contributed by atoms with E-state index in [4.69, 9.17) is 4.74 Å². The van der Waals surface area contributed by atoms with Crippen molar-refractivity contribution in [2.75, 3.05) is 13.6 Å². The molecular formula is C13H18N2O3. The van der Waals surface area contributed by atoms with Crippen LogP contribution >= 0.6 is 0 Å². The Morgan fingerprint density at radius 2 is 2.22 bits per heavy atom. The summed E-state index contributed by atoms with van der Waals surface area (Å²) in [6, 6.07) is 9.32. The number of rotatable bonds is 7. The third-order valence-electron chi connectivity index (χ3n) is 2.24. The highest BCUT2D eigenvalue weighted by atomic mass is 16.5. The number of carbonyl (C=O) groups is 1. The maximum atomic E-state index is 11.4. The maximum Gasteiger partial charge on any atom is 0.350 e. The normalized spacial score (nSPS) is 12.6. The smallest absolute Gasteiger partial charge is 0.350 e. The molecule has 0 bridgehead atoms. The van der Waals surface area contributed by atoms with Crippen LogP contribution < -0.4 is 5.32 Å². The van der Waals surface area contributed by atoms with E-state index in [0.717, 1.165) is 5.56 Å². The van der Waals surface area contributed by atoms with Crippen LogP contribution in [0.15, 0.2) is 35.3 Å². The minimum Gasteiger partial charge on any atom is -0.458 e. The van der Waals surface area contributed by atoms with Crippen molar-refractivity contribution in [1.29, 1.82) is 0 Å². The molecule has 1 aromatic carbocycles. The number of hydrogen-bond donors (Lipinski definition) is 2. The summed E-state index contributed by atoms with van der Waals surface area (Å²) in [5.74, 6) is -0.674. The number of aliphatic hydroxyl groups is 1. The van der Waals surface area contributed by atoms with Crippen molar-refractivity contribution in [3.05, 3.63) is 35.9 Å². The first-order chi connectivity index (χ1) is 8.74. The summed E-state index contributed by atoms with van der Waals surface area (Å²) >= 11 is 0. The molecule has 0 aliphatic carbocycles. The van der Waals surface area contributed by atoms with Crippen LogP contribution in [0.1, 0.15) is 12.0 Å². The highest BCUT2D eigenvalue weighted by Gasteiger charge is 2.15. The van der Waals surface area contributed by atoms with E-state index in [9.17, 15) is 9.90 Å². The van der Waals surface area contributed by atoms with Gasteiger partial charge in [-0.3, -0.25) is 5.32 Å². The van der Waals surface area contributed by atoms with Crippen molar-refractivity contribution in [3.8, 4) is 0 Å². The van der Waals surface area contributed by atoms with E-state index in [-0.39, 0.29) is 6.61 Å². The lowest BCUT2D eigenvalue weighted by Crippen LogP contribution is -2.38. The number of benzene rings is 1. The van der Waals surface area contributed by atoms with Gasteiger partial charge in [0.15, 0.2) is 0 Å². The molecule has 1 rings (SSSR count). The van der Waals surface area contributed by atoms with Gasteiger partial charge in [0.05, 0.1) is 0 Å². The van der Waals surface area contributed by atoms with Crippen molar-refractivity contribution in [1.82, 2.24) is 5.32 Å². The van der Waals surface area contributed by atoms with Crippen LogP contribution in [0.4, 0.5) is 0 Å². The van der Waals surface area contributed by atoms with Crippen LogP contribution in [0.2, 0.25) is 0 Å². The summed E-state index contributed by atoms with van der Waals surface area (Å²) < 4.78 is 4.96. The largest absolute Gasteiger partial charge is 0.458 e. The average molecular weight is 250 g/mol. The third-order valence-corrected chi connectivity index (χ3v) is 2.24. The quantitative estimate of drug-likeness (QED) is 0.324. The Bertz CT molecular complexity index is 379. The summed E-state index contributed by atoms with van der Waals surface area (Å²) in [4.78, 5) is 15.2. The zero-order valence-electron chi connectivity index (χ0n) is 10.4. The minimum atomic E-state index is -1.29. The molecule has 1 atom stereocenters. The number of aliphatic hydroxyl groups excluding tert-OH is 1. The van der Waals surface area contributed by atoms with Crippen LogP contribution in [0, 0.1) is 0 Å². The number of nitrogens with zero attached hydrogens (tertiary/aromatic N) is 1. The van der Waals surface area contributed by atoms with E-state index in [0.29, 0.717) is 13.0 Å². The second-order valence-corrected chi connectivity index (χ2v) is 3.68. The molecule has 1 unspecified atom stereocenters. The SMILES string of the molecule is C/N=C/CCNC(O)C(=O)OCc1ccccc1. The van der Waals surface area contributed by atoms with Gasteiger partial charge in [-0.05, 0) is 18.2 Å². The van der Waals surface area contributed by atoms with Gasteiger partial charge in [-0.1, -0.05) is 30.3 Å². The van der Waals surface area contributed by atoms with Crippen LogP contribution in [0.3, 0.4) is 0 Å². The Labute approximate surface area is 107 Å². The fraction of sp³-hybridized carbons (Fsp3) is 0.385. The summed E-state index contributed by atoms with van der Waals surface area (Å²) in [6.45, 7) is 0.633. The lowest BCUT2D eigenvalue weighted by molar-refractivity contribution is -0.156. The fourth-order valence-corrected chi connectivity index (χ4v) is 1.30. The van der Waals surface area contributed by atoms with Crippen LogP contribution in [0.25, 0.3) is 0 Å². The number of ether oxygens (including phenoxy) is 1. The van der Waals surface area contributed by atoms with Crippen molar-refractivity contribution < 1.29 is 14.6 Å². The number of nitrogens with one attached hydrogen (secondary N) is 1. The monoisotopic (exact) mass is 250 g/mol. The maximum absolute atomic E-state index is 11.4. The van der Waals surface area contributed by atoms with Crippen molar-refractivity contribution in [3.63, 3.8) is 0 Å². The Kier molecular flexibility index (Phi) is 6.68. The second kappa shape index (κ2) is 8.38. The lowest BCUT2D eigenvalue weighted by Gasteiger charge is -2.11. The van der Waals surface area contributed by atoms with Gasteiger partial charge in [0.1, 0.15) is 6.61 Å². The molecule has 0 aromatic heterocycles. The summed E-state index contributed by atoms with van der Waals surface area (Å²) in [5, 5.41) is 12.1. The molecule has 0 radical (unpaired) electrons. The van der Waals surface area contributed by atoms with Crippen molar-refractivity contribution in [2.45, 2.75) is 19.3 Å². The molecule has 0 heterocycles. The Morgan fingerprint density at radius 3 is 2.89 bits per heavy atom. The van der Waals surface area contributed by atoms with Gasteiger partial charge in [-0.15, -0.1) is 0 Å². The molecule has 5 nitrogen and oxygen atoms in total. The highest BCUT2D eigenvalue weighted by molar-refractivity contribution is 5.73. The zero-order valence-corrected chi connectivity index (χ0v) is 10.4. The van der Waals surface area contributed by atoms with Crippen LogP contribution in [0.5, 0.6) is 0 Å². The van der Waals surface area contributed by atoms with Crippen molar-refractivity contribution >= 4 is 12.2 Å². The molecule has 0 saturated carbocycles. The average Bonchev–Trinajstić information content (AvgIpc) is 2.42. The predicted molar refractivity (Wildman–Crippen MR) is 69.3 cm³/mol. The number of carbonyl (C=O) groups excluding carboxylic acids is 1. The molecule has 2 N–H and O–H groups in total. The first-order valence-electron chi connectivity index (χ1n) is 5.76. The molecule has 0 amide bonds. The molecule has 18 heavy (non-hydrogen) atoms. The standard InChI is InChI=1S/C13H18N2O3/c1-14-8-5-9-15-12(16)13(17)18-10-11-6-3-2-4-7-11/h2-4,6-8,12,15-16H,5,9-10H2,1H3/b14-8+. The Morgan fingerprint density at radius 1 is 1.50 bits per heavy atom. The number of hydrogen-bond acceptors (Lipinski definition) is 5. The molecule has 0 saturated heterocycles. The fourth-order valence-electron chi connectivity index (χ4n) is 1.30. The van der Waals surface area contributed by atoms with E-state index in [2.05, 4.69) is 10.3 Å². The van der Waals surface area contributed by atoms with Gasteiger partial charge in [0.25, 0.3) is 0 Å². The molecule has 0 spiro atoms. The van der Waals surface area contributed by atoms with Gasteiger partial charge >= 0.3 is 5.97 Å². The zero-order chi connectivity index (χ0) is 13.2. The van der Waals surface area contributed by atoms with Gasteiger partial charge in [0.2, 0.25) is 6.23 Å². The lowest BCUT2D eigenvalue weighted by atomic mass is 10.2. The molecular weight excluding hydrogens is 232 g/mol. The first kappa shape index (κ1) is 14.3. The summed E-state index contributed by atoms with van der Waals surface area (Å²) in [6.07, 6.45) is 1.06. The topological polar surface area (TPSA) is 70.9 Å². The van der Waals surface area contributed by atoms with Gasteiger partial charge in [0, 0.05) is 13.6 Å². The highest BCUT2D eigenvalue weighted by Crippen LogP contribution is 2.01. The number of esters is 1. The molecule has 98 valence electrons. The van der Waals surface area contributed by atoms with E-state index >= 15 is 0 Å². The predicted octanol–water partition coefficient (Wildman–Crippen LogP) is 0.728. The molecule has 0 fully saturated rings. The Hall–Kier alpha value is -1.72. The van der Waals surface area contributed by atoms with Crippen LogP contribution in [-0.4, -0.2) is 37.1 Å². The van der Waals surface area contributed by atoms with E-state index in [1.54, 1.807) is 13.3 Å². The molecule has 5 heteroatoms. The van der Waals surface area contributed by atoms with Crippen LogP contribution in [-0.2, 0) is 16.1 Å². The second-order valence-electron chi connectivity index (χ2n) is 3.68. The van der Waals surface area contributed by atoms with E-state index in [1.807, 2.05) is 30.3 Å². The first-order valence-corrected chi connectivity index (χ1v) is 5.76. The third kappa shape index (κ3) is 5.56. The molecule has 0 aliphatic rings. The minimum absolute atomic E-state index is 0.162. The molecule has 1 aromatic rings. The van der Waals surface area contributed by atoms with Gasteiger partial charge in [-0.25, -0.2) is 4.79 Å². The summed E-state index contributed by atoms with van der Waals surface area (Å²) in [5.41, 5.74) is 0.885. The van der Waals surface area contributed by atoms with Gasteiger partial charge < -0.3 is 14.8 Å². The van der Waals surface area contributed by atoms with E-state index < -0.39 is 12.2 Å². The van der Waals surface area contributed by atoms with Crippen molar-refractivity contribution in [2.24, 2.45) is 4.99 Å². The van der Waals surface area contributed by atoms with E-state index in [1.165, 1.54) is 0 Å².